The highest BCUT2D eigenvalue weighted by molar-refractivity contribution is 7.80. The van der Waals surface area contributed by atoms with Crippen molar-refractivity contribution in [3.63, 3.8) is 0 Å². The lowest BCUT2D eigenvalue weighted by Crippen LogP contribution is -2.34. The van der Waals surface area contributed by atoms with Crippen LogP contribution in [-0.4, -0.2) is 26.1 Å². The van der Waals surface area contributed by atoms with Gasteiger partial charge in [0.15, 0.2) is 0 Å². The normalized spacial score (nSPS) is 14.3. The molecule has 0 amide bonds. The van der Waals surface area contributed by atoms with Crippen molar-refractivity contribution in [1.29, 1.82) is 0 Å². The number of hydrogen-bond donors (Lipinski definition) is 1. The van der Waals surface area contributed by atoms with Gasteiger partial charge in [0.2, 0.25) is 0 Å². The molecule has 0 radical (unpaired) electrons. The Labute approximate surface area is 110 Å². The minimum Gasteiger partial charge on any atom is -0.389 e. The Hall–Kier alpha value is -1.95. The summed E-state index contributed by atoms with van der Waals surface area (Å²) < 4.78 is 2.16. The molecule has 0 saturated carbocycles. The Balaban J connectivity index is 1.88. The molecule has 0 unspecified atom stereocenters. The monoisotopic (exact) mass is 259 g/mol. The quantitative estimate of drug-likeness (QED) is 0.813. The van der Waals surface area contributed by atoms with E-state index < -0.39 is 0 Å². The first-order chi connectivity index (χ1) is 8.74. The zero-order chi connectivity index (χ0) is 12.5. The van der Waals surface area contributed by atoms with E-state index in [1.807, 2.05) is 24.5 Å². The summed E-state index contributed by atoms with van der Waals surface area (Å²) in [5, 5.41) is 0. The molecular formula is C12H13N5S. The first kappa shape index (κ1) is 11.2. The van der Waals surface area contributed by atoms with Crippen LogP contribution in [0.25, 0.3) is 0 Å². The van der Waals surface area contributed by atoms with Crippen molar-refractivity contribution in [3.8, 4) is 0 Å². The van der Waals surface area contributed by atoms with Crippen LogP contribution >= 0.6 is 12.2 Å². The molecule has 1 aliphatic heterocycles. The van der Waals surface area contributed by atoms with Crippen LogP contribution in [0.15, 0.2) is 30.7 Å². The van der Waals surface area contributed by atoms with Gasteiger partial charge in [-0.25, -0.2) is 9.97 Å². The van der Waals surface area contributed by atoms with E-state index in [2.05, 4.69) is 19.4 Å². The summed E-state index contributed by atoms with van der Waals surface area (Å²) in [4.78, 5) is 11.3. The van der Waals surface area contributed by atoms with Gasteiger partial charge in [0.1, 0.15) is 16.6 Å². The van der Waals surface area contributed by atoms with Crippen molar-refractivity contribution in [3.05, 3.63) is 42.1 Å². The van der Waals surface area contributed by atoms with Crippen molar-refractivity contribution in [2.24, 2.45) is 5.73 Å². The summed E-state index contributed by atoms with van der Waals surface area (Å²) in [5.74, 6) is 1.96. The number of nitrogens with two attached hydrogens (primary N) is 1. The van der Waals surface area contributed by atoms with Crippen LogP contribution in [-0.2, 0) is 13.1 Å². The molecule has 18 heavy (non-hydrogen) atoms. The van der Waals surface area contributed by atoms with E-state index >= 15 is 0 Å². The van der Waals surface area contributed by atoms with E-state index in [1.54, 1.807) is 6.20 Å². The van der Waals surface area contributed by atoms with Gasteiger partial charge in [0.25, 0.3) is 0 Å². The van der Waals surface area contributed by atoms with Crippen LogP contribution in [0.3, 0.4) is 0 Å². The molecule has 2 aromatic rings. The van der Waals surface area contributed by atoms with Crippen LogP contribution in [0.1, 0.15) is 11.4 Å². The van der Waals surface area contributed by atoms with Crippen molar-refractivity contribution in [1.82, 2.24) is 14.5 Å². The SMILES string of the molecule is NC(=S)c1ccnc(N2CCn3ccnc3C2)c1. The average Bonchev–Trinajstić information content (AvgIpc) is 2.86. The van der Waals surface area contributed by atoms with Gasteiger partial charge in [0.05, 0.1) is 6.54 Å². The Kier molecular flexibility index (Phi) is 2.71. The van der Waals surface area contributed by atoms with Gasteiger partial charge >= 0.3 is 0 Å². The molecule has 0 fully saturated rings. The molecule has 0 saturated heterocycles. The number of aromatic nitrogens is 3. The molecule has 2 aromatic heterocycles. The summed E-state index contributed by atoms with van der Waals surface area (Å²) in [6, 6.07) is 3.76. The first-order valence-corrected chi connectivity index (χ1v) is 6.16. The highest BCUT2D eigenvalue weighted by atomic mass is 32.1. The number of thiocarbonyl (C=S) groups is 1. The molecule has 92 valence electrons. The van der Waals surface area contributed by atoms with Crippen molar-refractivity contribution >= 4 is 23.0 Å². The average molecular weight is 259 g/mol. The summed E-state index contributed by atoms with van der Waals surface area (Å²) in [7, 11) is 0. The maximum absolute atomic E-state index is 5.64. The lowest BCUT2D eigenvalue weighted by molar-refractivity contribution is 0.556. The second kappa shape index (κ2) is 4.38. The van der Waals surface area contributed by atoms with Crippen LogP contribution in [0.2, 0.25) is 0 Å². The predicted octanol–water partition coefficient (Wildman–Crippen LogP) is 0.933. The Bertz CT molecular complexity index is 592. The summed E-state index contributed by atoms with van der Waals surface area (Å²) >= 11 is 4.99. The van der Waals surface area contributed by atoms with Gasteiger partial charge in [-0.15, -0.1) is 0 Å². The summed E-state index contributed by atoms with van der Waals surface area (Å²) in [5.41, 5.74) is 6.49. The molecule has 0 bridgehead atoms. The van der Waals surface area contributed by atoms with E-state index in [1.165, 1.54) is 0 Å². The maximum atomic E-state index is 5.64. The third kappa shape index (κ3) is 1.95. The number of hydrogen-bond acceptors (Lipinski definition) is 4. The lowest BCUT2D eigenvalue weighted by atomic mass is 10.2. The number of nitrogens with zero attached hydrogens (tertiary/aromatic N) is 4. The standard InChI is InChI=1S/C12H13N5S/c13-12(18)9-1-2-14-10(7-9)17-6-5-16-4-3-15-11(16)8-17/h1-4,7H,5-6,8H2,(H2,13,18). The van der Waals surface area contributed by atoms with Gasteiger partial charge in [-0.1, -0.05) is 12.2 Å². The fourth-order valence-electron chi connectivity index (χ4n) is 2.11. The van der Waals surface area contributed by atoms with E-state index in [4.69, 9.17) is 18.0 Å². The number of pyridine rings is 1. The zero-order valence-corrected chi connectivity index (χ0v) is 10.6. The number of imidazole rings is 1. The molecule has 6 heteroatoms. The third-order valence-electron chi connectivity index (χ3n) is 3.10. The van der Waals surface area contributed by atoms with Crippen LogP contribution in [0.5, 0.6) is 0 Å². The number of rotatable bonds is 2. The Morgan fingerprint density at radius 3 is 3.00 bits per heavy atom. The minimum atomic E-state index is 0.400. The smallest absolute Gasteiger partial charge is 0.129 e. The largest absolute Gasteiger partial charge is 0.389 e. The lowest BCUT2D eigenvalue weighted by Gasteiger charge is -2.28. The van der Waals surface area contributed by atoms with Crippen molar-refractivity contribution in [2.75, 3.05) is 11.4 Å². The Morgan fingerprint density at radius 2 is 2.17 bits per heavy atom. The predicted molar refractivity (Wildman–Crippen MR) is 73.4 cm³/mol. The van der Waals surface area contributed by atoms with Gasteiger partial charge in [0, 0.05) is 37.2 Å². The summed E-state index contributed by atoms with van der Waals surface area (Å²) in [6.45, 7) is 2.60. The second-order valence-corrected chi connectivity index (χ2v) is 4.67. The fraction of sp³-hybridized carbons (Fsp3) is 0.250. The fourth-order valence-corrected chi connectivity index (χ4v) is 2.24. The number of fused-ring (bicyclic) bond motifs is 1. The molecule has 0 aliphatic carbocycles. The molecule has 2 N–H and O–H groups in total. The Morgan fingerprint density at radius 1 is 1.28 bits per heavy atom. The van der Waals surface area contributed by atoms with Gasteiger partial charge < -0.3 is 15.2 Å². The molecular weight excluding hydrogens is 246 g/mol. The highest BCUT2D eigenvalue weighted by Crippen LogP contribution is 2.18. The molecule has 3 rings (SSSR count). The molecule has 0 atom stereocenters. The third-order valence-corrected chi connectivity index (χ3v) is 3.33. The van der Waals surface area contributed by atoms with Gasteiger partial charge in [-0.3, -0.25) is 0 Å². The van der Waals surface area contributed by atoms with E-state index in [0.717, 1.165) is 36.8 Å². The minimum absolute atomic E-state index is 0.400. The molecule has 3 heterocycles. The van der Waals surface area contributed by atoms with E-state index in [9.17, 15) is 0 Å². The number of anilines is 1. The maximum Gasteiger partial charge on any atom is 0.129 e. The van der Waals surface area contributed by atoms with Crippen molar-refractivity contribution in [2.45, 2.75) is 13.1 Å². The van der Waals surface area contributed by atoms with Crippen LogP contribution < -0.4 is 10.6 Å². The zero-order valence-electron chi connectivity index (χ0n) is 9.78. The molecule has 0 aromatic carbocycles. The molecule has 5 nitrogen and oxygen atoms in total. The topological polar surface area (TPSA) is 60.0 Å². The van der Waals surface area contributed by atoms with Crippen LogP contribution in [0, 0.1) is 0 Å². The summed E-state index contributed by atoms with van der Waals surface area (Å²) in [6.07, 6.45) is 5.58. The first-order valence-electron chi connectivity index (χ1n) is 5.75. The van der Waals surface area contributed by atoms with E-state index in [-0.39, 0.29) is 0 Å². The van der Waals surface area contributed by atoms with E-state index in [0.29, 0.717) is 4.99 Å². The molecule has 1 aliphatic rings. The highest BCUT2D eigenvalue weighted by Gasteiger charge is 2.17. The van der Waals surface area contributed by atoms with Gasteiger partial charge in [-0.2, -0.15) is 0 Å². The van der Waals surface area contributed by atoms with Gasteiger partial charge in [-0.05, 0) is 12.1 Å². The molecule has 0 spiro atoms. The van der Waals surface area contributed by atoms with Crippen molar-refractivity contribution < 1.29 is 0 Å². The van der Waals surface area contributed by atoms with Crippen LogP contribution in [0.4, 0.5) is 5.82 Å². The second-order valence-electron chi connectivity index (χ2n) is 4.23.